The standard InChI is InChI=1S/C28H31Cl2N3O6/c29-26-27(30)33(17-31-26)15-22-14-23(19-11-9-18(16-34)10-12-19)39-28(38-22)20-5-4-6-21(13-20)32-24(35)7-2-1-3-8-25(36)37/h4-6,9-13,17,22-23,28,34H,1-3,7-8,14-16H2,(H,32,35)(H,36,37)/t22-,23+,28+/m1/s1. The molecule has 0 unspecified atom stereocenters. The first-order chi connectivity index (χ1) is 18.8. The average molecular weight is 576 g/mol. The Balaban J connectivity index is 1.46. The van der Waals surface area contributed by atoms with Gasteiger partial charge in [0.15, 0.2) is 11.4 Å². The Bertz CT molecular complexity index is 1270. The van der Waals surface area contributed by atoms with Gasteiger partial charge in [0, 0.05) is 30.5 Å². The minimum absolute atomic E-state index is 0.0408. The maximum atomic E-state index is 12.4. The Morgan fingerprint density at radius 1 is 1.03 bits per heavy atom. The van der Waals surface area contributed by atoms with Crippen molar-refractivity contribution in [3.05, 3.63) is 81.9 Å². The molecule has 3 N–H and O–H groups in total. The normalized spacial score (nSPS) is 19.1. The van der Waals surface area contributed by atoms with Gasteiger partial charge in [0.1, 0.15) is 5.15 Å². The number of nitrogens with one attached hydrogen (secondary N) is 1. The molecule has 1 aliphatic rings. The number of unbranched alkanes of at least 4 members (excludes halogenated alkanes) is 2. The van der Waals surface area contributed by atoms with E-state index < -0.39 is 12.3 Å². The predicted octanol–water partition coefficient (Wildman–Crippen LogP) is 5.90. The molecule has 4 rings (SSSR count). The van der Waals surface area contributed by atoms with Crippen molar-refractivity contribution in [2.75, 3.05) is 5.32 Å². The van der Waals surface area contributed by atoms with E-state index in [1.807, 2.05) is 42.5 Å². The fourth-order valence-electron chi connectivity index (χ4n) is 4.45. The summed E-state index contributed by atoms with van der Waals surface area (Å²) in [5, 5.41) is 21.6. The number of rotatable bonds is 12. The van der Waals surface area contributed by atoms with Gasteiger partial charge in [0.2, 0.25) is 5.91 Å². The summed E-state index contributed by atoms with van der Waals surface area (Å²) in [5.74, 6) is -0.966. The zero-order valence-electron chi connectivity index (χ0n) is 21.3. The van der Waals surface area contributed by atoms with Gasteiger partial charge in [-0.15, -0.1) is 0 Å². The van der Waals surface area contributed by atoms with Crippen molar-refractivity contribution in [2.24, 2.45) is 0 Å². The molecule has 9 nitrogen and oxygen atoms in total. The van der Waals surface area contributed by atoms with Crippen LogP contribution in [0.5, 0.6) is 0 Å². The maximum absolute atomic E-state index is 12.4. The van der Waals surface area contributed by atoms with Gasteiger partial charge < -0.3 is 29.6 Å². The Labute approximate surface area is 236 Å². The molecule has 1 amide bonds. The van der Waals surface area contributed by atoms with Crippen molar-refractivity contribution in [3.8, 4) is 0 Å². The van der Waals surface area contributed by atoms with Crippen LogP contribution in [0.2, 0.25) is 10.3 Å². The van der Waals surface area contributed by atoms with E-state index in [1.54, 1.807) is 17.0 Å². The minimum Gasteiger partial charge on any atom is -0.481 e. The van der Waals surface area contributed by atoms with Crippen molar-refractivity contribution < 1.29 is 29.3 Å². The molecule has 1 aliphatic heterocycles. The van der Waals surface area contributed by atoms with Crippen molar-refractivity contribution >= 4 is 40.8 Å². The highest BCUT2D eigenvalue weighted by Gasteiger charge is 2.33. The van der Waals surface area contributed by atoms with Crippen molar-refractivity contribution in [3.63, 3.8) is 0 Å². The Morgan fingerprint density at radius 3 is 2.49 bits per heavy atom. The van der Waals surface area contributed by atoms with Gasteiger partial charge >= 0.3 is 5.97 Å². The van der Waals surface area contributed by atoms with E-state index in [2.05, 4.69) is 10.3 Å². The highest BCUT2D eigenvalue weighted by atomic mass is 35.5. The largest absolute Gasteiger partial charge is 0.481 e. The van der Waals surface area contributed by atoms with Crippen LogP contribution < -0.4 is 5.32 Å². The number of halogens is 2. The number of carboxylic acid groups (broad SMARTS) is 1. The SMILES string of the molecule is O=C(O)CCCCCC(=O)Nc1cccc([C@H]2O[C@@H](Cn3cnc(Cl)c3Cl)C[C@@H](c3ccc(CO)cc3)O2)c1. The molecule has 3 atom stereocenters. The summed E-state index contributed by atoms with van der Waals surface area (Å²) in [6, 6.07) is 14.9. The number of aliphatic hydroxyl groups excluding tert-OH is 1. The molecule has 2 heterocycles. The third kappa shape index (κ3) is 8.27. The number of hydrogen-bond acceptors (Lipinski definition) is 6. The van der Waals surface area contributed by atoms with Crippen molar-refractivity contribution in [1.29, 1.82) is 0 Å². The number of ether oxygens (including phenoxy) is 2. The quantitative estimate of drug-likeness (QED) is 0.230. The molecule has 3 aromatic rings. The molecule has 0 saturated carbocycles. The van der Waals surface area contributed by atoms with Crippen LogP contribution in [0.1, 0.15) is 67.6 Å². The van der Waals surface area contributed by atoms with Gasteiger partial charge in [-0.05, 0) is 36.1 Å². The minimum atomic E-state index is -0.827. The molecular formula is C28H31Cl2N3O6. The highest BCUT2D eigenvalue weighted by molar-refractivity contribution is 6.40. The van der Waals surface area contributed by atoms with Gasteiger partial charge in [0.05, 0.1) is 31.7 Å². The van der Waals surface area contributed by atoms with Crippen molar-refractivity contribution in [2.45, 2.75) is 70.2 Å². The number of nitrogens with zero attached hydrogens (tertiary/aromatic N) is 2. The summed E-state index contributed by atoms with van der Waals surface area (Å²) in [4.78, 5) is 27.1. The van der Waals surface area contributed by atoms with E-state index >= 15 is 0 Å². The van der Waals surface area contributed by atoms with E-state index in [-0.39, 0.29) is 36.3 Å². The molecule has 208 valence electrons. The summed E-state index contributed by atoms with van der Waals surface area (Å²) in [6.07, 6.45) is 3.11. The highest BCUT2D eigenvalue weighted by Crippen LogP contribution is 2.39. The zero-order valence-corrected chi connectivity index (χ0v) is 22.8. The first-order valence-corrected chi connectivity index (χ1v) is 13.6. The van der Waals surface area contributed by atoms with Crippen LogP contribution in [0.4, 0.5) is 5.69 Å². The number of aromatic nitrogens is 2. The number of hydrogen-bond donors (Lipinski definition) is 3. The number of carbonyl (C=O) groups excluding carboxylic acids is 1. The second kappa shape index (κ2) is 13.9. The number of aliphatic hydroxyl groups is 1. The summed E-state index contributed by atoms with van der Waals surface area (Å²) in [7, 11) is 0. The van der Waals surface area contributed by atoms with E-state index in [0.717, 1.165) is 16.7 Å². The van der Waals surface area contributed by atoms with Crippen molar-refractivity contribution in [1.82, 2.24) is 9.55 Å². The lowest BCUT2D eigenvalue weighted by molar-refractivity contribution is -0.252. The molecule has 1 fully saturated rings. The molecular weight excluding hydrogens is 545 g/mol. The van der Waals surface area contributed by atoms with Crippen LogP contribution in [0.3, 0.4) is 0 Å². The number of amides is 1. The molecule has 0 spiro atoms. The topological polar surface area (TPSA) is 123 Å². The third-order valence-electron chi connectivity index (χ3n) is 6.49. The smallest absolute Gasteiger partial charge is 0.303 e. The van der Waals surface area contributed by atoms with E-state index in [1.165, 1.54) is 0 Å². The lowest BCUT2D eigenvalue weighted by atomic mass is 10.00. The number of benzene rings is 2. The zero-order chi connectivity index (χ0) is 27.8. The number of aliphatic carboxylic acids is 1. The molecule has 1 aromatic heterocycles. The van der Waals surface area contributed by atoms with Crippen LogP contribution in [-0.4, -0.2) is 37.7 Å². The Kier molecular flexibility index (Phi) is 10.4. The van der Waals surface area contributed by atoms with E-state index in [9.17, 15) is 14.7 Å². The summed E-state index contributed by atoms with van der Waals surface area (Å²) in [5.41, 5.74) is 3.12. The van der Waals surface area contributed by atoms with Crippen LogP contribution in [0, 0.1) is 0 Å². The molecule has 11 heteroatoms. The molecule has 1 saturated heterocycles. The number of anilines is 1. The Morgan fingerprint density at radius 2 is 1.79 bits per heavy atom. The van der Waals surface area contributed by atoms with Crippen LogP contribution in [0.25, 0.3) is 0 Å². The van der Waals surface area contributed by atoms with Gasteiger partial charge in [-0.25, -0.2) is 4.98 Å². The van der Waals surface area contributed by atoms with Crippen LogP contribution >= 0.6 is 23.2 Å². The Hall–Kier alpha value is -2.95. The molecule has 0 bridgehead atoms. The number of imidazole rings is 1. The van der Waals surface area contributed by atoms with Crippen LogP contribution in [-0.2, 0) is 32.2 Å². The fraction of sp³-hybridized carbons (Fsp3) is 0.393. The number of carbonyl (C=O) groups is 2. The first-order valence-electron chi connectivity index (χ1n) is 12.8. The molecule has 0 aliphatic carbocycles. The van der Waals surface area contributed by atoms with Gasteiger partial charge in [-0.1, -0.05) is 66.0 Å². The average Bonchev–Trinajstić information content (AvgIpc) is 3.25. The van der Waals surface area contributed by atoms with Gasteiger partial charge in [-0.3, -0.25) is 9.59 Å². The van der Waals surface area contributed by atoms with E-state index in [0.29, 0.717) is 49.5 Å². The monoisotopic (exact) mass is 575 g/mol. The second-order valence-corrected chi connectivity index (χ2v) is 10.2. The fourth-order valence-corrected chi connectivity index (χ4v) is 4.76. The summed E-state index contributed by atoms with van der Waals surface area (Å²) >= 11 is 12.3. The number of carboxylic acids is 1. The lowest BCUT2D eigenvalue weighted by Gasteiger charge is -2.36. The summed E-state index contributed by atoms with van der Waals surface area (Å²) < 4.78 is 14.4. The summed E-state index contributed by atoms with van der Waals surface area (Å²) in [6.45, 7) is 0.378. The predicted molar refractivity (Wildman–Crippen MR) is 146 cm³/mol. The molecule has 2 aromatic carbocycles. The third-order valence-corrected chi connectivity index (χ3v) is 7.25. The van der Waals surface area contributed by atoms with E-state index in [4.69, 9.17) is 37.8 Å². The van der Waals surface area contributed by atoms with Gasteiger partial charge in [-0.2, -0.15) is 0 Å². The van der Waals surface area contributed by atoms with Crippen LogP contribution in [0.15, 0.2) is 54.9 Å². The lowest BCUT2D eigenvalue weighted by Crippen LogP contribution is -2.32. The molecule has 0 radical (unpaired) electrons. The maximum Gasteiger partial charge on any atom is 0.303 e. The molecule has 39 heavy (non-hydrogen) atoms. The van der Waals surface area contributed by atoms with Gasteiger partial charge in [0.25, 0.3) is 0 Å². The second-order valence-electron chi connectivity index (χ2n) is 9.46. The first kappa shape index (κ1) is 29.0.